The number of nitrogens with one attached hydrogen (secondary N) is 1. The molecule has 0 aliphatic carbocycles. The van der Waals surface area contributed by atoms with E-state index >= 15 is 0 Å². The van der Waals surface area contributed by atoms with Crippen molar-refractivity contribution < 1.29 is 4.79 Å². The van der Waals surface area contributed by atoms with Crippen molar-refractivity contribution in [2.24, 2.45) is 13.0 Å². The lowest BCUT2D eigenvalue weighted by Gasteiger charge is -2.14. The predicted octanol–water partition coefficient (Wildman–Crippen LogP) is 2.91. The van der Waals surface area contributed by atoms with E-state index in [0.29, 0.717) is 34.3 Å². The Balaban J connectivity index is 1.81. The second kappa shape index (κ2) is 8.39. The first-order valence-electron chi connectivity index (χ1n) is 8.86. The molecule has 0 fully saturated rings. The van der Waals surface area contributed by atoms with Crippen LogP contribution in [0.2, 0.25) is 0 Å². The Kier molecular flexibility index (Phi) is 5.95. The van der Waals surface area contributed by atoms with E-state index in [-0.39, 0.29) is 17.2 Å². The van der Waals surface area contributed by atoms with Gasteiger partial charge in [-0.2, -0.15) is 5.10 Å². The molecule has 1 aromatic carbocycles. The fourth-order valence-electron chi connectivity index (χ4n) is 2.63. The van der Waals surface area contributed by atoms with Crippen molar-refractivity contribution in [3.63, 3.8) is 0 Å². The van der Waals surface area contributed by atoms with Gasteiger partial charge < -0.3 is 5.32 Å². The fourth-order valence-corrected chi connectivity index (χ4v) is 3.46. The first-order valence-corrected chi connectivity index (χ1v) is 9.84. The second-order valence-corrected chi connectivity index (χ2v) is 7.70. The lowest BCUT2D eigenvalue weighted by Crippen LogP contribution is -2.25. The van der Waals surface area contributed by atoms with Gasteiger partial charge in [0.1, 0.15) is 0 Å². The van der Waals surface area contributed by atoms with E-state index in [2.05, 4.69) is 29.2 Å². The van der Waals surface area contributed by atoms with E-state index in [1.807, 2.05) is 18.2 Å². The van der Waals surface area contributed by atoms with E-state index in [1.165, 1.54) is 11.8 Å². The minimum atomic E-state index is -0.184. The van der Waals surface area contributed by atoms with Gasteiger partial charge in [-0.1, -0.05) is 37.7 Å². The van der Waals surface area contributed by atoms with Gasteiger partial charge in [0.15, 0.2) is 11.0 Å². The van der Waals surface area contributed by atoms with Crippen LogP contribution in [0.4, 0.5) is 5.82 Å². The molecule has 142 valence electrons. The molecule has 0 aliphatic heterocycles. The molecule has 2 heterocycles. The van der Waals surface area contributed by atoms with Crippen LogP contribution in [0.1, 0.15) is 20.3 Å². The number of para-hydroxylation sites is 1. The molecule has 27 heavy (non-hydrogen) atoms. The Hall–Kier alpha value is -2.61. The summed E-state index contributed by atoms with van der Waals surface area (Å²) >= 11 is 1.27. The highest BCUT2D eigenvalue weighted by Gasteiger charge is 2.14. The average molecular weight is 385 g/mol. The van der Waals surface area contributed by atoms with E-state index in [4.69, 9.17) is 0 Å². The number of benzene rings is 1. The van der Waals surface area contributed by atoms with Crippen molar-refractivity contribution in [1.82, 2.24) is 19.3 Å². The van der Waals surface area contributed by atoms with Gasteiger partial charge in [0, 0.05) is 25.9 Å². The Morgan fingerprint density at radius 1 is 1.26 bits per heavy atom. The summed E-state index contributed by atoms with van der Waals surface area (Å²) < 4.78 is 3.30. The van der Waals surface area contributed by atoms with Gasteiger partial charge in [-0.25, -0.2) is 4.98 Å². The summed E-state index contributed by atoms with van der Waals surface area (Å²) in [5.41, 5.74) is 0.588. The number of thioether (sulfide) groups is 1. The SMILES string of the molecule is CC(C)CCn1c(SCC(=O)Nc2ccn(C)n2)nc2ccccc2c1=O. The quantitative estimate of drug-likeness (QED) is 0.499. The number of fused-ring (bicyclic) bond motifs is 1. The molecule has 0 radical (unpaired) electrons. The zero-order chi connectivity index (χ0) is 19.4. The molecule has 3 rings (SSSR count). The van der Waals surface area contributed by atoms with Gasteiger partial charge in [0.25, 0.3) is 5.56 Å². The highest BCUT2D eigenvalue weighted by atomic mass is 32.2. The Bertz CT molecular complexity index is 1010. The summed E-state index contributed by atoms with van der Waals surface area (Å²) in [6.07, 6.45) is 2.63. The average Bonchev–Trinajstić information content (AvgIpc) is 3.04. The normalized spacial score (nSPS) is 11.3. The molecule has 0 saturated heterocycles. The molecule has 0 spiro atoms. The summed E-state index contributed by atoms with van der Waals surface area (Å²) in [5.74, 6) is 0.945. The van der Waals surface area contributed by atoms with E-state index in [0.717, 1.165) is 6.42 Å². The molecular weight excluding hydrogens is 362 g/mol. The van der Waals surface area contributed by atoms with Crippen LogP contribution in [0.5, 0.6) is 0 Å². The van der Waals surface area contributed by atoms with Gasteiger partial charge in [-0.3, -0.25) is 18.8 Å². The van der Waals surface area contributed by atoms with Crippen molar-refractivity contribution in [2.45, 2.75) is 32.0 Å². The summed E-state index contributed by atoms with van der Waals surface area (Å²) in [6, 6.07) is 9.04. The molecule has 0 bridgehead atoms. The van der Waals surface area contributed by atoms with Crippen LogP contribution in [0.15, 0.2) is 46.5 Å². The minimum Gasteiger partial charge on any atom is -0.308 e. The van der Waals surface area contributed by atoms with Gasteiger partial charge in [-0.05, 0) is 24.5 Å². The Labute approximate surface area is 161 Å². The maximum atomic E-state index is 12.9. The first-order chi connectivity index (χ1) is 12.9. The zero-order valence-corrected chi connectivity index (χ0v) is 16.5. The van der Waals surface area contributed by atoms with Gasteiger partial charge in [0.05, 0.1) is 16.7 Å². The first kappa shape index (κ1) is 19.2. The van der Waals surface area contributed by atoms with Crippen molar-refractivity contribution in [3.8, 4) is 0 Å². The largest absolute Gasteiger partial charge is 0.308 e. The summed E-state index contributed by atoms with van der Waals surface area (Å²) in [7, 11) is 1.79. The predicted molar refractivity (Wildman–Crippen MR) is 108 cm³/mol. The minimum absolute atomic E-state index is 0.0612. The number of nitrogens with zero attached hydrogens (tertiary/aromatic N) is 4. The smallest absolute Gasteiger partial charge is 0.262 e. The second-order valence-electron chi connectivity index (χ2n) is 6.76. The third-order valence-corrected chi connectivity index (χ3v) is 5.05. The van der Waals surface area contributed by atoms with Crippen molar-refractivity contribution in [3.05, 3.63) is 46.9 Å². The van der Waals surface area contributed by atoms with Crippen LogP contribution >= 0.6 is 11.8 Å². The molecule has 3 aromatic rings. The maximum Gasteiger partial charge on any atom is 0.262 e. The molecule has 7 nitrogen and oxygen atoms in total. The van der Waals surface area contributed by atoms with Gasteiger partial charge >= 0.3 is 0 Å². The van der Waals surface area contributed by atoms with Gasteiger partial charge in [0.2, 0.25) is 5.91 Å². The molecule has 0 unspecified atom stereocenters. The highest BCUT2D eigenvalue weighted by Crippen LogP contribution is 2.19. The molecular formula is C19H23N5O2S. The van der Waals surface area contributed by atoms with Crippen LogP contribution < -0.4 is 10.9 Å². The third-order valence-electron chi connectivity index (χ3n) is 4.07. The van der Waals surface area contributed by atoms with Crippen LogP contribution in [-0.2, 0) is 18.4 Å². The number of amides is 1. The van der Waals surface area contributed by atoms with Crippen LogP contribution in [0.25, 0.3) is 10.9 Å². The van der Waals surface area contributed by atoms with Crippen molar-refractivity contribution in [2.75, 3.05) is 11.1 Å². The number of anilines is 1. The topological polar surface area (TPSA) is 81.8 Å². The van der Waals surface area contributed by atoms with Gasteiger partial charge in [-0.15, -0.1) is 0 Å². The number of hydrogen-bond acceptors (Lipinski definition) is 5. The highest BCUT2D eigenvalue weighted by molar-refractivity contribution is 7.99. The van der Waals surface area contributed by atoms with Crippen molar-refractivity contribution >= 4 is 34.4 Å². The summed E-state index contributed by atoms with van der Waals surface area (Å²) in [6.45, 7) is 4.82. The number of aromatic nitrogens is 4. The molecule has 1 amide bonds. The molecule has 0 saturated carbocycles. The third kappa shape index (κ3) is 4.77. The number of carbonyl (C=O) groups is 1. The van der Waals surface area contributed by atoms with E-state index in [1.54, 1.807) is 34.6 Å². The Morgan fingerprint density at radius 3 is 2.74 bits per heavy atom. The van der Waals surface area contributed by atoms with E-state index < -0.39 is 0 Å². The molecule has 2 aromatic heterocycles. The molecule has 0 atom stereocenters. The Morgan fingerprint density at radius 2 is 2.04 bits per heavy atom. The number of hydrogen-bond donors (Lipinski definition) is 1. The van der Waals surface area contributed by atoms with E-state index in [9.17, 15) is 9.59 Å². The number of carbonyl (C=O) groups excluding carboxylic acids is 1. The van der Waals surface area contributed by atoms with Crippen LogP contribution in [0, 0.1) is 5.92 Å². The standard InChI is InChI=1S/C19H23N5O2S/c1-13(2)8-11-24-18(26)14-6-4-5-7-15(14)20-19(24)27-12-17(25)21-16-9-10-23(3)22-16/h4-7,9-10,13H,8,11-12H2,1-3H3,(H,21,22,25). The van der Waals surface area contributed by atoms with Crippen molar-refractivity contribution in [1.29, 1.82) is 0 Å². The molecule has 0 aliphatic rings. The molecule has 1 N–H and O–H groups in total. The fraction of sp³-hybridized carbons (Fsp3) is 0.368. The number of aryl methyl sites for hydroxylation is 1. The maximum absolute atomic E-state index is 12.9. The monoisotopic (exact) mass is 385 g/mol. The zero-order valence-electron chi connectivity index (χ0n) is 15.7. The summed E-state index contributed by atoms with van der Waals surface area (Å²) in [5, 5.41) is 8.05. The summed E-state index contributed by atoms with van der Waals surface area (Å²) in [4.78, 5) is 29.7. The number of rotatable bonds is 7. The van der Waals surface area contributed by atoms with Crippen LogP contribution in [-0.4, -0.2) is 31.0 Å². The lowest BCUT2D eigenvalue weighted by atomic mass is 10.1. The lowest BCUT2D eigenvalue weighted by molar-refractivity contribution is -0.113. The van der Waals surface area contributed by atoms with Crippen LogP contribution in [0.3, 0.4) is 0 Å². The molecule has 8 heteroatoms.